The first-order valence-corrected chi connectivity index (χ1v) is 5.31. The number of rotatable bonds is 0. The zero-order valence-electron chi connectivity index (χ0n) is 8.42. The molecule has 0 aromatic carbocycles. The maximum atomic E-state index is 12.0. The van der Waals surface area contributed by atoms with Gasteiger partial charge in [0.2, 0.25) is 5.91 Å². The number of piperidine rings is 1. The van der Waals surface area contributed by atoms with Gasteiger partial charge in [-0.3, -0.25) is 9.78 Å². The zero-order valence-corrected chi connectivity index (χ0v) is 8.42. The summed E-state index contributed by atoms with van der Waals surface area (Å²) >= 11 is 0. The molecule has 15 heavy (non-hydrogen) atoms. The highest BCUT2D eigenvalue weighted by molar-refractivity contribution is 6.05. The van der Waals surface area contributed by atoms with Crippen molar-refractivity contribution in [3.05, 3.63) is 24.0 Å². The van der Waals surface area contributed by atoms with Crippen molar-refractivity contribution in [2.45, 2.75) is 18.3 Å². The molecule has 0 unspecified atom stereocenters. The Hall–Kier alpha value is -1.42. The second kappa shape index (κ2) is 3.03. The molecule has 0 saturated carbocycles. The van der Waals surface area contributed by atoms with Gasteiger partial charge in [-0.25, -0.2) is 0 Å². The normalized spacial score (nSPS) is 28.9. The number of amides is 1. The predicted molar refractivity (Wildman–Crippen MR) is 56.6 cm³/mol. The fourth-order valence-electron chi connectivity index (χ4n) is 2.54. The van der Waals surface area contributed by atoms with Gasteiger partial charge in [0.05, 0.1) is 11.4 Å². The number of aromatic nitrogens is 1. The largest absolute Gasteiger partial charge is 0.324 e. The van der Waals surface area contributed by atoms with Gasteiger partial charge in [-0.2, -0.15) is 0 Å². The molecule has 2 aliphatic heterocycles. The number of nitrogens with zero attached hydrogens (tertiary/aromatic N) is 1. The number of pyridine rings is 1. The van der Waals surface area contributed by atoms with E-state index in [1.165, 1.54) is 0 Å². The molecule has 0 bridgehead atoms. The van der Waals surface area contributed by atoms with E-state index >= 15 is 0 Å². The molecule has 2 aliphatic rings. The summed E-state index contributed by atoms with van der Waals surface area (Å²) in [5, 5.41) is 6.20. The zero-order chi connectivity index (χ0) is 10.3. The lowest BCUT2D eigenvalue weighted by atomic mass is 9.78. The van der Waals surface area contributed by atoms with Crippen LogP contribution in [0.2, 0.25) is 0 Å². The van der Waals surface area contributed by atoms with Crippen molar-refractivity contribution < 1.29 is 4.79 Å². The first kappa shape index (κ1) is 8.85. The van der Waals surface area contributed by atoms with Crippen LogP contribution in [0.5, 0.6) is 0 Å². The Morgan fingerprint density at radius 3 is 3.20 bits per heavy atom. The molecule has 3 rings (SSSR count). The maximum Gasteiger partial charge on any atom is 0.238 e. The Bertz CT molecular complexity index is 410. The Morgan fingerprint density at radius 1 is 1.47 bits per heavy atom. The van der Waals surface area contributed by atoms with Crippen LogP contribution in [-0.4, -0.2) is 24.0 Å². The van der Waals surface area contributed by atoms with Crippen molar-refractivity contribution in [2.75, 3.05) is 18.4 Å². The first-order valence-electron chi connectivity index (χ1n) is 5.31. The van der Waals surface area contributed by atoms with Crippen LogP contribution in [0.25, 0.3) is 0 Å². The van der Waals surface area contributed by atoms with E-state index in [0.717, 1.165) is 30.8 Å². The summed E-state index contributed by atoms with van der Waals surface area (Å²) in [6.07, 6.45) is 3.69. The van der Waals surface area contributed by atoms with Gasteiger partial charge in [0.1, 0.15) is 5.41 Å². The van der Waals surface area contributed by atoms with Crippen LogP contribution < -0.4 is 10.6 Å². The number of nitrogens with one attached hydrogen (secondary N) is 2. The fraction of sp³-hybridized carbons (Fsp3) is 0.455. The molecule has 78 valence electrons. The van der Waals surface area contributed by atoms with Gasteiger partial charge >= 0.3 is 0 Å². The van der Waals surface area contributed by atoms with E-state index in [0.29, 0.717) is 6.54 Å². The first-order chi connectivity index (χ1) is 7.33. The van der Waals surface area contributed by atoms with E-state index in [4.69, 9.17) is 0 Å². The van der Waals surface area contributed by atoms with E-state index in [1.807, 2.05) is 12.1 Å². The summed E-state index contributed by atoms with van der Waals surface area (Å²) in [6.45, 7) is 1.71. The van der Waals surface area contributed by atoms with Crippen molar-refractivity contribution in [3.63, 3.8) is 0 Å². The molecule has 1 aromatic heterocycles. The molecule has 0 radical (unpaired) electrons. The minimum absolute atomic E-state index is 0.100. The van der Waals surface area contributed by atoms with Crippen LogP contribution in [-0.2, 0) is 10.2 Å². The summed E-state index contributed by atoms with van der Waals surface area (Å²) in [5.74, 6) is 0.100. The van der Waals surface area contributed by atoms with E-state index in [-0.39, 0.29) is 5.91 Å². The molecule has 1 saturated heterocycles. The van der Waals surface area contributed by atoms with Gasteiger partial charge in [0, 0.05) is 12.7 Å². The molecule has 1 fully saturated rings. The van der Waals surface area contributed by atoms with Crippen LogP contribution in [0.3, 0.4) is 0 Å². The standard InChI is InChI=1S/C11H13N3O/c15-10-11(4-2-5-12-7-11)9-8(14-10)3-1-6-13-9/h1,3,6,12H,2,4-5,7H2,(H,14,15)/t11-/m0/s1. The number of anilines is 1. The second-order valence-corrected chi connectivity index (χ2v) is 4.22. The van der Waals surface area contributed by atoms with Crippen LogP contribution in [0.1, 0.15) is 18.5 Å². The lowest BCUT2D eigenvalue weighted by Gasteiger charge is -2.30. The topological polar surface area (TPSA) is 54.0 Å². The fourth-order valence-corrected chi connectivity index (χ4v) is 2.54. The Kier molecular flexibility index (Phi) is 1.79. The van der Waals surface area contributed by atoms with Gasteiger partial charge in [-0.05, 0) is 31.5 Å². The summed E-state index contributed by atoms with van der Waals surface area (Å²) in [5.41, 5.74) is 1.39. The number of carbonyl (C=O) groups is 1. The lowest BCUT2D eigenvalue weighted by molar-refractivity contribution is -0.121. The van der Waals surface area contributed by atoms with Crippen LogP contribution >= 0.6 is 0 Å². The van der Waals surface area contributed by atoms with Crippen molar-refractivity contribution in [2.24, 2.45) is 0 Å². The summed E-state index contributed by atoms with van der Waals surface area (Å²) in [4.78, 5) is 16.4. The quantitative estimate of drug-likeness (QED) is 0.651. The molecular formula is C11H13N3O. The molecule has 2 N–H and O–H groups in total. The van der Waals surface area contributed by atoms with Crippen molar-refractivity contribution in [1.82, 2.24) is 10.3 Å². The SMILES string of the molecule is O=C1Nc2cccnc2[C@@]12CCCNC2. The highest BCUT2D eigenvalue weighted by Crippen LogP contribution is 2.40. The van der Waals surface area contributed by atoms with Gasteiger partial charge in [-0.15, -0.1) is 0 Å². The minimum Gasteiger partial charge on any atom is -0.324 e. The van der Waals surface area contributed by atoms with Gasteiger partial charge in [-0.1, -0.05) is 0 Å². The molecule has 1 spiro atoms. The number of fused-ring (bicyclic) bond motifs is 2. The Morgan fingerprint density at radius 2 is 2.40 bits per heavy atom. The smallest absolute Gasteiger partial charge is 0.238 e. The summed E-state index contributed by atoms with van der Waals surface area (Å²) in [6, 6.07) is 3.78. The average molecular weight is 203 g/mol. The summed E-state index contributed by atoms with van der Waals surface area (Å²) in [7, 11) is 0. The number of hydrogen-bond donors (Lipinski definition) is 2. The molecule has 3 heterocycles. The van der Waals surface area contributed by atoms with E-state index < -0.39 is 5.41 Å². The third-order valence-electron chi connectivity index (χ3n) is 3.33. The maximum absolute atomic E-state index is 12.0. The molecule has 1 amide bonds. The van der Waals surface area contributed by atoms with Crippen molar-refractivity contribution >= 4 is 11.6 Å². The van der Waals surface area contributed by atoms with Gasteiger partial charge in [0.15, 0.2) is 0 Å². The average Bonchev–Trinajstić information content (AvgIpc) is 2.55. The molecule has 4 heteroatoms. The van der Waals surface area contributed by atoms with E-state index in [2.05, 4.69) is 15.6 Å². The highest BCUT2D eigenvalue weighted by Gasteiger charge is 2.48. The molecule has 0 aliphatic carbocycles. The molecule has 1 aromatic rings. The number of carbonyl (C=O) groups excluding carboxylic acids is 1. The highest BCUT2D eigenvalue weighted by atomic mass is 16.2. The minimum atomic E-state index is -0.408. The van der Waals surface area contributed by atoms with Crippen molar-refractivity contribution in [1.29, 1.82) is 0 Å². The third kappa shape index (κ3) is 1.11. The Labute approximate surface area is 88.1 Å². The van der Waals surface area contributed by atoms with E-state index in [1.54, 1.807) is 6.20 Å². The lowest BCUT2D eigenvalue weighted by Crippen LogP contribution is -2.48. The van der Waals surface area contributed by atoms with Crippen LogP contribution in [0.4, 0.5) is 5.69 Å². The van der Waals surface area contributed by atoms with E-state index in [9.17, 15) is 4.79 Å². The van der Waals surface area contributed by atoms with Gasteiger partial charge in [0.25, 0.3) is 0 Å². The predicted octanol–water partition coefficient (Wildman–Crippen LogP) is 0.655. The molecule has 4 nitrogen and oxygen atoms in total. The van der Waals surface area contributed by atoms with Gasteiger partial charge < -0.3 is 10.6 Å². The Balaban J connectivity index is 2.11. The number of hydrogen-bond acceptors (Lipinski definition) is 3. The second-order valence-electron chi connectivity index (χ2n) is 4.22. The molecular weight excluding hydrogens is 190 g/mol. The van der Waals surface area contributed by atoms with Crippen LogP contribution in [0.15, 0.2) is 18.3 Å². The van der Waals surface area contributed by atoms with Crippen LogP contribution in [0, 0.1) is 0 Å². The van der Waals surface area contributed by atoms with Crippen molar-refractivity contribution in [3.8, 4) is 0 Å². The third-order valence-corrected chi connectivity index (χ3v) is 3.33. The monoisotopic (exact) mass is 203 g/mol. The summed E-state index contributed by atoms with van der Waals surface area (Å²) < 4.78 is 0. The molecule has 1 atom stereocenters.